The lowest BCUT2D eigenvalue weighted by molar-refractivity contribution is -0.157. The highest BCUT2D eigenvalue weighted by molar-refractivity contribution is 6.11. The lowest BCUT2D eigenvalue weighted by atomic mass is 9.86. The Kier molecular flexibility index (Phi) is 5.68. The molecule has 0 unspecified atom stereocenters. The summed E-state index contributed by atoms with van der Waals surface area (Å²) in [4.78, 5) is 37.5. The maximum absolute atomic E-state index is 12.6. The Hall–Kier alpha value is -1.43. The number of carboxylic acid groups (broad SMARTS) is 1. The second kappa shape index (κ2) is 6.83. The van der Waals surface area contributed by atoms with Crippen molar-refractivity contribution < 1.29 is 19.5 Å². The van der Waals surface area contributed by atoms with Gasteiger partial charge in [-0.15, -0.1) is 0 Å². The van der Waals surface area contributed by atoms with Gasteiger partial charge in [-0.05, 0) is 39.3 Å². The molecule has 0 aliphatic carbocycles. The van der Waals surface area contributed by atoms with Gasteiger partial charge in [0.05, 0.1) is 6.04 Å². The van der Waals surface area contributed by atoms with Crippen molar-refractivity contribution in [2.45, 2.75) is 58.0 Å². The number of likely N-dealkylation sites (tertiary alicyclic amines) is 1. The second-order valence-electron chi connectivity index (χ2n) is 5.26. The number of aliphatic carboxylic acids is 1. The number of rotatable bonds is 7. The Morgan fingerprint density at radius 2 is 2.00 bits per heavy atom. The topological polar surface area (TPSA) is 86.7 Å². The molecule has 0 aromatic heterocycles. The van der Waals surface area contributed by atoms with Crippen LogP contribution in [0.2, 0.25) is 0 Å². The van der Waals surface area contributed by atoms with Gasteiger partial charge in [-0.3, -0.25) is 14.5 Å². The molecular formula is C14H24N2O4. The smallest absolute Gasteiger partial charge is 0.332 e. The zero-order chi connectivity index (χ0) is 15.3. The van der Waals surface area contributed by atoms with Crippen molar-refractivity contribution in [2.75, 3.05) is 13.1 Å². The zero-order valence-corrected chi connectivity index (χ0v) is 12.4. The number of carboxylic acids is 1. The van der Waals surface area contributed by atoms with Crippen LogP contribution in [0.15, 0.2) is 0 Å². The van der Waals surface area contributed by atoms with E-state index >= 15 is 0 Å². The standard InChI is InChI=1S/C14H24N2O4/c1-4-8-16-9-6-7-14(16,13(19)20)12(18)10(3)15-11(17)5-2/h10H,4-9H2,1-3H3,(H,15,17)(H,19,20)/t10-,14+/m0/s1. The molecule has 1 aliphatic heterocycles. The first kappa shape index (κ1) is 16.6. The largest absolute Gasteiger partial charge is 0.480 e. The summed E-state index contributed by atoms with van der Waals surface area (Å²) in [6.07, 6.45) is 2.06. The fourth-order valence-electron chi connectivity index (χ4n) is 2.84. The fraction of sp³-hybridized carbons (Fsp3) is 0.786. The normalized spacial score (nSPS) is 24.4. The number of nitrogens with one attached hydrogen (secondary N) is 1. The lowest BCUT2D eigenvalue weighted by Gasteiger charge is -2.35. The predicted molar refractivity (Wildman–Crippen MR) is 74.4 cm³/mol. The monoisotopic (exact) mass is 284 g/mol. The van der Waals surface area contributed by atoms with Crippen LogP contribution in [0, 0.1) is 0 Å². The Bertz CT molecular complexity index is 397. The SMILES string of the molecule is CCCN1CCC[C@]1(C(=O)O)C(=O)[C@H](C)NC(=O)CC. The molecule has 0 bridgehead atoms. The van der Waals surface area contributed by atoms with Crippen molar-refractivity contribution >= 4 is 17.7 Å². The Morgan fingerprint density at radius 1 is 1.35 bits per heavy atom. The van der Waals surface area contributed by atoms with Gasteiger partial charge in [0.25, 0.3) is 0 Å². The van der Waals surface area contributed by atoms with Gasteiger partial charge in [-0.1, -0.05) is 13.8 Å². The number of carbonyl (C=O) groups excluding carboxylic acids is 2. The molecule has 114 valence electrons. The van der Waals surface area contributed by atoms with Gasteiger partial charge in [-0.2, -0.15) is 0 Å². The molecule has 2 N–H and O–H groups in total. The predicted octanol–water partition coefficient (Wildman–Crippen LogP) is 0.799. The highest BCUT2D eigenvalue weighted by Gasteiger charge is 2.54. The summed E-state index contributed by atoms with van der Waals surface area (Å²) in [7, 11) is 0. The molecule has 1 rings (SSSR count). The Balaban J connectivity index is 2.98. The zero-order valence-electron chi connectivity index (χ0n) is 12.4. The lowest BCUT2D eigenvalue weighted by Crippen LogP contribution is -2.61. The quantitative estimate of drug-likeness (QED) is 0.675. The summed E-state index contributed by atoms with van der Waals surface area (Å²) >= 11 is 0. The van der Waals surface area contributed by atoms with E-state index in [0.29, 0.717) is 25.9 Å². The summed E-state index contributed by atoms with van der Waals surface area (Å²) in [6.45, 7) is 6.39. The van der Waals surface area contributed by atoms with E-state index in [2.05, 4.69) is 5.32 Å². The van der Waals surface area contributed by atoms with Gasteiger partial charge < -0.3 is 10.4 Å². The van der Waals surface area contributed by atoms with E-state index in [4.69, 9.17) is 0 Å². The van der Waals surface area contributed by atoms with E-state index in [9.17, 15) is 19.5 Å². The van der Waals surface area contributed by atoms with Crippen LogP contribution >= 0.6 is 0 Å². The van der Waals surface area contributed by atoms with Crippen LogP contribution in [0.25, 0.3) is 0 Å². The van der Waals surface area contributed by atoms with Crippen molar-refractivity contribution in [3.05, 3.63) is 0 Å². The van der Waals surface area contributed by atoms with Crippen LogP contribution < -0.4 is 5.32 Å². The first-order valence-electron chi connectivity index (χ1n) is 7.22. The van der Waals surface area contributed by atoms with E-state index in [1.165, 1.54) is 0 Å². The summed E-state index contributed by atoms with van der Waals surface area (Å²) in [5.41, 5.74) is -1.48. The highest BCUT2D eigenvalue weighted by Crippen LogP contribution is 2.32. The number of hydrogen-bond acceptors (Lipinski definition) is 4. The molecule has 1 saturated heterocycles. The van der Waals surface area contributed by atoms with Crippen molar-refractivity contribution in [2.24, 2.45) is 0 Å². The van der Waals surface area contributed by atoms with Crippen molar-refractivity contribution in [1.82, 2.24) is 10.2 Å². The van der Waals surface area contributed by atoms with Crippen LogP contribution in [-0.2, 0) is 14.4 Å². The van der Waals surface area contributed by atoms with Crippen LogP contribution in [-0.4, -0.2) is 52.3 Å². The van der Waals surface area contributed by atoms with Gasteiger partial charge in [0.1, 0.15) is 0 Å². The average molecular weight is 284 g/mol. The minimum absolute atomic E-state index is 0.244. The average Bonchev–Trinajstić information content (AvgIpc) is 2.82. The van der Waals surface area contributed by atoms with Gasteiger partial charge in [0.15, 0.2) is 11.3 Å². The third-order valence-electron chi connectivity index (χ3n) is 3.85. The van der Waals surface area contributed by atoms with E-state index in [0.717, 1.165) is 6.42 Å². The summed E-state index contributed by atoms with van der Waals surface area (Å²) in [5, 5.41) is 12.2. The van der Waals surface area contributed by atoms with Crippen molar-refractivity contribution in [3.8, 4) is 0 Å². The molecule has 0 saturated carbocycles. The minimum Gasteiger partial charge on any atom is -0.480 e. The molecule has 6 nitrogen and oxygen atoms in total. The maximum Gasteiger partial charge on any atom is 0.332 e. The number of ketones is 1. The molecular weight excluding hydrogens is 260 g/mol. The highest BCUT2D eigenvalue weighted by atomic mass is 16.4. The minimum atomic E-state index is -1.48. The second-order valence-corrected chi connectivity index (χ2v) is 5.26. The van der Waals surface area contributed by atoms with E-state index in [1.807, 2.05) is 6.92 Å². The van der Waals surface area contributed by atoms with E-state index in [-0.39, 0.29) is 12.3 Å². The van der Waals surface area contributed by atoms with Gasteiger partial charge in [-0.25, -0.2) is 4.79 Å². The van der Waals surface area contributed by atoms with Crippen LogP contribution in [0.1, 0.15) is 46.5 Å². The molecule has 0 aromatic rings. The third-order valence-corrected chi connectivity index (χ3v) is 3.85. The number of Topliss-reactive ketones (excluding diaryl/α,β-unsaturated/α-hetero) is 1. The van der Waals surface area contributed by atoms with Gasteiger partial charge in [0.2, 0.25) is 5.91 Å². The molecule has 6 heteroatoms. The summed E-state index contributed by atoms with van der Waals surface area (Å²) in [6, 6.07) is -0.781. The molecule has 2 atom stereocenters. The summed E-state index contributed by atoms with van der Waals surface area (Å²) < 4.78 is 0. The molecule has 0 spiro atoms. The number of amides is 1. The van der Waals surface area contributed by atoms with Gasteiger partial charge >= 0.3 is 5.97 Å². The van der Waals surface area contributed by atoms with Crippen LogP contribution in [0.5, 0.6) is 0 Å². The summed E-state index contributed by atoms with van der Waals surface area (Å²) in [5.74, 6) is -1.77. The molecule has 0 aromatic carbocycles. The fourth-order valence-corrected chi connectivity index (χ4v) is 2.84. The van der Waals surface area contributed by atoms with Crippen molar-refractivity contribution in [1.29, 1.82) is 0 Å². The van der Waals surface area contributed by atoms with Crippen LogP contribution in [0.4, 0.5) is 0 Å². The molecule has 1 amide bonds. The molecule has 0 radical (unpaired) electrons. The maximum atomic E-state index is 12.6. The van der Waals surface area contributed by atoms with Crippen molar-refractivity contribution in [3.63, 3.8) is 0 Å². The third kappa shape index (κ3) is 3.00. The molecule has 20 heavy (non-hydrogen) atoms. The first-order valence-corrected chi connectivity index (χ1v) is 7.22. The van der Waals surface area contributed by atoms with Crippen LogP contribution in [0.3, 0.4) is 0 Å². The van der Waals surface area contributed by atoms with E-state index < -0.39 is 23.3 Å². The van der Waals surface area contributed by atoms with Gasteiger partial charge in [0, 0.05) is 6.42 Å². The van der Waals surface area contributed by atoms with E-state index in [1.54, 1.807) is 18.7 Å². The molecule has 1 heterocycles. The number of nitrogens with zero attached hydrogens (tertiary/aromatic N) is 1. The molecule has 1 aliphatic rings. The first-order chi connectivity index (χ1) is 9.40. The Labute approximate surface area is 119 Å². The number of carbonyl (C=O) groups is 3. The molecule has 1 fully saturated rings. The Morgan fingerprint density at radius 3 is 2.50 bits per heavy atom. The number of hydrogen-bond donors (Lipinski definition) is 2.